The lowest BCUT2D eigenvalue weighted by molar-refractivity contribution is -0.147. The molecular formula is C11H23NO4. The fourth-order valence-electron chi connectivity index (χ4n) is 1.12. The van der Waals surface area contributed by atoms with Crippen LogP contribution >= 0.6 is 0 Å². The molecule has 5 nitrogen and oxygen atoms in total. The number of esters is 1. The molecule has 1 atom stereocenters. The van der Waals surface area contributed by atoms with Gasteiger partial charge in [-0.3, -0.25) is 4.79 Å². The van der Waals surface area contributed by atoms with Crippen molar-refractivity contribution >= 4 is 5.97 Å². The van der Waals surface area contributed by atoms with E-state index < -0.39 is 6.04 Å². The van der Waals surface area contributed by atoms with E-state index in [1.165, 1.54) is 0 Å². The summed E-state index contributed by atoms with van der Waals surface area (Å²) in [5.74, 6) is -0.365. The minimum absolute atomic E-state index is 0.275. The Hall–Kier alpha value is -0.650. The zero-order valence-corrected chi connectivity index (χ0v) is 10.2. The van der Waals surface area contributed by atoms with Crippen LogP contribution in [0.3, 0.4) is 0 Å². The van der Waals surface area contributed by atoms with Crippen molar-refractivity contribution in [1.29, 1.82) is 0 Å². The number of nitrogens with two attached hydrogens (primary N) is 1. The van der Waals surface area contributed by atoms with Crippen molar-refractivity contribution < 1.29 is 19.0 Å². The van der Waals surface area contributed by atoms with Crippen LogP contribution in [-0.4, -0.2) is 45.5 Å². The molecule has 0 saturated carbocycles. The highest BCUT2D eigenvalue weighted by Crippen LogP contribution is 1.97. The van der Waals surface area contributed by atoms with E-state index in [0.29, 0.717) is 26.2 Å². The van der Waals surface area contributed by atoms with E-state index in [4.69, 9.17) is 19.9 Å². The van der Waals surface area contributed by atoms with Gasteiger partial charge in [0.1, 0.15) is 12.6 Å². The van der Waals surface area contributed by atoms with Crippen molar-refractivity contribution in [1.82, 2.24) is 0 Å². The van der Waals surface area contributed by atoms with Gasteiger partial charge in [-0.05, 0) is 19.3 Å². The van der Waals surface area contributed by atoms with Crippen LogP contribution in [0.25, 0.3) is 0 Å². The summed E-state index contributed by atoms with van der Waals surface area (Å²) in [6, 6.07) is -0.554. The number of rotatable bonds is 10. The third-order valence-electron chi connectivity index (χ3n) is 1.99. The zero-order chi connectivity index (χ0) is 12.2. The topological polar surface area (TPSA) is 70.8 Å². The number of ether oxygens (including phenoxy) is 3. The first kappa shape index (κ1) is 15.3. The second kappa shape index (κ2) is 10.9. The van der Waals surface area contributed by atoms with Crippen LogP contribution in [0.2, 0.25) is 0 Å². The van der Waals surface area contributed by atoms with Gasteiger partial charge in [0.15, 0.2) is 0 Å². The number of carbonyl (C=O) groups is 1. The monoisotopic (exact) mass is 233 g/mol. The Morgan fingerprint density at radius 3 is 2.62 bits per heavy atom. The molecule has 0 amide bonds. The normalized spacial score (nSPS) is 12.4. The fourth-order valence-corrected chi connectivity index (χ4v) is 1.12. The SMILES string of the molecule is CCCOCCOC(=O)C(N)CCCOC. The van der Waals surface area contributed by atoms with E-state index >= 15 is 0 Å². The largest absolute Gasteiger partial charge is 0.462 e. The first-order valence-electron chi connectivity index (χ1n) is 5.71. The summed E-state index contributed by atoms with van der Waals surface area (Å²) in [5, 5.41) is 0. The Balaban J connectivity index is 3.40. The minimum atomic E-state index is -0.554. The molecule has 1 unspecified atom stereocenters. The Morgan fingerprint density at radius 1 is 1.25 bits per heavy atom. The van der Waals surface area contributed by atoms with Crippen LogP contribution in [0.4, 0.5) is 0 Å². The van der Waals surface area contributed by atoms with E-state index in [2.05, 4.69) is 0 Å². The molecule has 0 saturated heterocycles. The van der Waals surface area contributed by atoms with Gasteiger partial charge in [0, 0.05) is 20.3 Å². The van der Waals surface area contributed by atoms with Crippen LogP contribution < -0.4 is 5.73 Å². The maximum absolute atomic E-state index is 11.3. The number of carbonyl (C=O) groups excluding carboxylic acids is 1. The van der Waals surface area contributed by atoms with Gasteiger partial charge >= 0.3 is 5.97 Å². The third kappa shape index (κ3) is 8.64. The molecule has 16 heavy (non-hydrogen) atoms. The molecule has 0 aliphatic rings. The van der Waals surface area contributed by atoms with Gasteiger partial charge in [0.05, 0.1) is 6.61 Å². The van der Waals surface area contributed by atoms with Crippen LogP contribution in [0, 0.1) is 0 Å². The average Bonchev–Trinajstić information content (AvgIpc) is 2.28. The first-order valence-corrected chi connectivity index (χ1v) is 5.71. The Bertz CT molecular complexity index is 175. The molecule has 0 fully saturated rings. The van der Waals surface area contributed by atoms with E-state index in [9.17, 15) is 4.79 Å². The molecule has 0 bridgehead atoms. The van der Waals surface area contributed by atoms with Crippen molar-refractivity contribution in [3.63, 3.8) is 0 Å². The van der Waals surface area contributed by atoms with E-state index in [1.807, 2.05) is 6.92 Å². The summed E-state index contributed by atoms with van der Waals surface area (Å²) in [6.07, 6.45) is 2.31. The summed E-state index contributed by atoms with van der Waals surface area (Å²) < 4.78 is 15.0. The smallest absolute Gasteiger partial charge is 0.322 e. The molecule has 0 heterocycles. The summed E-state index contributed by atoms with van der Waals surface area (Å²) in [5.41, 5.74) is 5.63. The van der Waals surface area contributed by atoms with Gasteiger partial charge in [0.2, 0.25) is 0 Å². The highest BCUT2D eigenvalue weighted by Gasteiger charge is 2.13. The minimum Gasteiger partial charge on any atom is -0.462 e. The summed E-state index contributed by atoms with van der Waals surface area (Å²) in [4.78, 5) is 11.3. The molecule has 2 N–H and O–H groups in total. The second-order valence-corrected chi connectivity index (χ2v) is 3.52. The van der Waals surface area contributed by atoms with Crippen molar-refractivity contribution in [2.45, 2.75) is 32.2 Å². The lowest BCUT2D eigenvalue weighted by Gasteiger charge is -2.11. The van der Waals surface area contributed by atoms with Gasteiger partial charge in [-0.25, -0.2) is 0 Å². The maximum atomic E-state index is 11.3. The van der Waals surface area contributed by atoms with Crippen molar-refractivity contribution in [2.24, 2.45) is 5.73 Å². The Morgan fingerprint density at radius 2 is 2.00 bits per heavy atom. The molecule has 96 valence electrons. The van der Waals surface area contributed by atoms with E-state index in [-0.39, 0.29) is 12.6 Å². The van der Waals surface area contributed by atoms with Gasteiger partial charge in [-0.2, -0.15) is 0 Å². The van der Waals surface area contributed by atoms with Crippen molar-refractivity contribution in [2.75, 3.05) is 33.5 Å². The van der Waals surface area contributed by atoms with Crippen molar-refractivity contribution in [3.05, 3.63) is 0 Å². The molecule has 0 radical (unpaired) electrons. The van der Waals surface area contributed by atoms with E-state index in [1.54, 1.807) is 7.11 Å². The predicted octanol–water partition coefficient (Wildman–Crippen LogP) is 0.710. The van der Waals surface area contributed by atoms with Gasteiger partial charge in [0.25, 0.3) is 0 Å². The number of methoxy groups -OCH3 is 1. The molecule has 0 rings (SSSR count). The molecule has 0 aromatic rings. The highest BCUT2D eigenvalue weighted by atomic mass is 16.6. The molecule has 0 aliphatic carbocycles. The average molecular weight is 233 g/mol. The highest BCUT2D eigenvalue weighted by molar-refractivity contribution is 5.75. The Kier molecular flexibility index (Phi) is 10.4. The summed E-state index contributed by atoms with van der Waals surface area (Å²) in [7, 11) is 1.62. The lowest BCUT2D eigenvalue weighted by Crippen LogP contribution is -2.33. The Labute approximate surface area is 97.2 Å². The van der Waals surface area contributed by atoms with Gasteiger partial charge < -0.3 is 19.9 Å². The van der Waals surface area contributed by atoms with Gasteiger partial charge in [-0.1, -0.05) is 6.92 Å². The quantitative estimate of drug-likeness (QED) is 0.444. The molecule has 0 aromatic carbocycles. The molecular weight excluding hydrogens is 210 g/mol. The molecule has 5 heteroatoms. The van der Waals surface area contributed by atoms with E-state index in [0.717, 1.165) is 12.8 Å². The standard InChI is InChI=1S/C11H23NO4/c1-3-6-15-8-9-16-11(13)10(12)5-4-7-14-2/h10H,3-9,12H2,1-2H3. The molecule has 0 aliphatic heterocycles. The predicted molar refractivity (Wildman–Crippen MR) is 61.2 cm³/mol. The summed E-state index contributed by atoms with van der Waals surface area (Å²) in [6.45, 7) is 4.04. The number of hydrogen-bond donors (Lipinski definition) is 1. The second-order valence-electron chi connectivity index (χ2n) is 3.52. The fraction of sp³-hybridized carbons (Fsp3) is 0.909. The number of hydrogen-bond acceptors (Lipinski definition) is 5. The lowest BCUT2D eigenvalue weighted by atomic mass is 10.2. The maximum Gasteiger partial charge on any atom is 0.322 e. The third-order valence-corrected chi connectivity index (χ3v) is 1.99. The first-order chi connectivity index (χ1) is 7.72. The van der Waals surface area contributed by atoms with Crippen LogP contribution in [0.5, 0.6) is 0 Å². The van der Waals surface area contributed by atoms with Crippen LogP contribution in [0.1, 0.15) is 26.2 Å². The van der Waals surface area contributed by atoms with Crippen LogP contribution in [-0.2, 0) is 19.0 Å². The summed E-state index contributed by atoms with van der Waals surface area (Å²) >= 11 is 0. The molecule has 0 aromatic heterocycles. The van der Waals surface area contributed by atoms with Crippen molar-refractivity contribution in [3.8, 4) is 0 Å². The van der Waals surface area contributed by atoms with Gasteiger partial charge in [-0.15, -0.1) is 0 Å². The molecule has 0 spiro atoms. The van der Waals surface area contributed by atoms with Crippen LogP contribution in [0.15, 0.2) is 0 Å². The zero-order valence-electron chi connectivity index (χ0n) is 10.2.